The van der Waals surface area contributed by atoms with Crippen molar-refractivity contribution in [3.05, 3.63) is 126 Å². The number of rotatable bonds is 3. The molecule has 1 N–H and O–H groups in total. The molecular weight excluding hydrogens is 450 g/mol. The average Bonchev–Trinajstić information content (AvgIpc) is 3.30. The standard InChI is InChI=1S/C24H19N7O4/c1-15-12-13-18-20(25-15)19(30-23(34)28(21(32)26-30)16-8-4-2-5-9-16)14-27-22(33)29(24(35)31(18)27)17-10-6-3-7-11-17/h2-13,19H,14H2,1H3,(H,26,32). The van der Waals surface area contributed by atoms with Crippen molar-refractivity contribution in [1.82, 2.24) is 33.3 Å². The Kier molecular flexibility index (Phi) is 4.46. The smallest absolute Gasteiger partial charge is 0.254 e. The predicted molar refractivity (Wildman–Crippen MR) is 127 cm³/mol. The van der Waals surface area contributed by atoms with Crippen molar-refractivity contribution in [3.63, 3.8) is 0 Å². The second kappa shape index (κ2) is 7.55. The summed E-state index contributed by atoms with van der Waals surface area (Å²) in [5.74, 6) is 0. The third kappa shape index (κ3) is 3.01. The number of aromatic nitrogens is 7. The Hall–Kier alpha value is -4.93. The Morgan fingerprint density at radius 2 is 1.40 bits per heavy atom. The van der Waals surface area contributed by atoms with Crippen LogP contribution in [0.4, 0.5) is 0 Å². The molecule has 11 nitrogen and oxygen atoms in total. The van der Waals surface area contributed by atoms with Gasteiger partial charge >= 0.3 is 22.8 Å². The molecule has 5 aromatic rings. The molecule has 0 saturated heterocycles. The molecule has 2 aromatic carbocycles. The van der Waals surface area contributed by atoms with Gasteiger partial charge in [-0.15, -0.1) is 0 Å². The Morgan fingerprint density at radius 1 is 0.771 bits per heavy atom. The molecule has 35 heavy (non-hydrogen) atoms. The second-order valence-corrected chi connectivity index (χ2v) is 8.24. The highest BCUT2D eigenvalue weighted by Crippen LogP contribution is 2.27. The van der Waals surface area contributed by atoms with Crippen LogP contribution in [-0.4, -0.2) is 33.3 Å². The number of aryl methyl sites for hydroxylation is 1. The molecule has 3 aromatic heterocycles. The topological polar surface area (TPSA) is 122 Å². The van der Waals surface area contributed by atoms with Crippen LogP contribution < -0.4 is 22.8 Å². The maximum atomic E-state index is 13.4. The summed E-state index contributed by atoms with van der Waals surface area (Å²) in [6, 6.07) is 19.7. The van der Waals surface area contributed by atoms with Crippen molar-refractivity contribution in [1.29, 1.82) is 0 Å². The van der Waals surface area contributed by atoms with Crippen LogP contribution in [0.15, 0.2) is 92.0 Å². The van der Waals surface area contributed by atoms with Crippen molar-refractivity contribution in [2.75, 3.05) is 0 Å². The molecule has 6 rings (SSSR count). The van der Waals surface area contributed by atoms with Gasteiger partial charge in [0.05, 0.1) is 29.3 Å². The molecule has 0 fully saturated rings. The lowest BCUT2D eigenvalue weighted by Gasteiger charge is -2.26. The van der Waals surface area contributed by atoms with Crippen LogP contribution in [0.3, 0.4) is 0 Å². The molecule has 0 spiro atoms. The van der Waals surface area contributed by atoms with Gasteiger partial charge in [0, 0.05) is 5.69 Å². The first-order valence-electron chi connectivity index (χ1n) is 10.9. The molecular formula is C24H19N7O4. The van der Waals surface area contributed by atoms with Gasteiger partial charge in [0.1, 0.15) is 6.04 Å². The molecule has 4 heterocycles. The number of nitrogens with zero attached hydrogens (tertiary/aromatic N) is 6. The predicted octanol–water partition coefficient (Wildman–Crippen LogP) is 0.737. The van der Waals surface area contributed by atoms with Crippen molar-refractivity contribution in [3.8, 4) is 17.1 Å². The summed E-state index contributed by atoms with van der Waals surface area (Å²) < 4.78 is 5.80. The first kappa shape index (κ1) is 20.7. The van der Waals surface area contributed by atoms with Gasteiger partial charge in [0.2, 0.25) is 0 Å². The van der Waals surface area contributed by atoms with Crippen LogP contribution >= 0.6 is 0 Å². The van der Waals surface area contributed by atoms with E-state index in [0.29, 0.717) is 28.5 Å². The fraction of sp³-hybridized carbons (Fsp3) is 0.125. The summed E-state index contributed by atoms with van der Waals surface area (Å²) in [6.07, 6.45) is 0. The van der Waals surface area contributed by atoms with E-state index in [4.69, 9.17) is 0 Å². The maximum Gasteiger partial charge on any atom is 0.356 e. The zero-order chi connectivity index (χ0) is 24.3. The number of aromatic amines is 1. The molecule has 1 unspecified atom stereocenters. The number of para-hydroxylation sites is 2. The van der Waals surface area contributed by atoms with Crippen LogP contribution in [0, 0.1) is 6.92 Å². The fourth-order valence-electron chi connectivity index (χ4n) is 4.53. The normalized spacial score (nSPS) is 14.5. The van der Waals surface area contributed by atoms with E-state index in [9.17, 15) is 19.2 Å². The van der Waals surface area contributed by atoms with Gasteiger partial charge in [-0.3, -0.25) is 4.98 Å². The summed E-state index contributed by atoms with van der Waals surface area (Å²) in [5, 5.41) is 2.61. The lowest BCUT2D eigenvalue weighted by atomic mass is 10.1. The largest absolute Gasteiger partial charge is 0.356 e. The molecule has 0 bridgehead atoms. The van der Waals surface area contributed by atoms with E-state index < -0.39 is 28.8 Å². The number of nitrogens with one attached hydrogen (secondary N) is 1. The van der Waals surface area contributed by atoms with Gasteiger partial charge in [-0.05, 0) is 43.3 Å². The lowest BCUT2D eigenvalue weighted by molar-refractivity contribution is 0.358. The Balaban J connectivity index is 1.60. The van der Waals surface area contributed by atoms with Gasteiger partial charge in [-0.2, -0.15) is 4.68 Å². The summed E-state index contributed by atoms with van der Waals surface area (Å²) in [5.41, 5.74) is -0.0578. The van der Waals surface area contributed by atoms with Crippen molar-refractivity contribution in [2.45, 2.75) is 19.5 Å². The summed E-state index contributed by atoms with van der Waals surface area (Å²) in [4.78, 5) is 57.5. The summed E-state index contributed by atoms with van der Waals surface area (Å²) >= 11 is 0. The van der Waals surface area contributed by atoms with Crippen LogP contribution in [0.2, 0.25) is 0 Å². The van der Waals surface area contributed by atoms with Gasteiger partial charge in [-0.1, -0.05) is 36.4 Å². The highest BCUT2D eigenvalue weighted by molar-refractivity contribution is 5.42. The molecule has 11 heteroatoms. The van der Waals surface area contributed by atoms with Gasteiger partial charge in [-0.25, -0.2) is 42.8 Å². The number of pyridine rings is 1. The summed E-state index contributed by atoms with van der Waals surface area (Å²) in [6.45, 7) is 1.71. The van der Waals surface area contributed by atoms with Crippen LogP contribution in [-0.2, 0) is 6.54 Å². The maximum absolute atomic E-state index is 13.4. The number of hydrogen-bond acceptors (Lipinski definition) is 5. The minimum absolute atomic E-state index is 0.0774. The minimum atomic E-state index is -0.821. The van der Waals surface area contributed by atoms with E-state index >= 15 is 0 Å². The third-order valence-corrected chi connectivity index (χ3v) is 6.11. The van der Waals surface area contributed by atoms with Crippen LogP contribution in [0.1, 0.15) is 17.4 Å². The van der Waals surface area contributed by atoms with E-state index in [0.717, 1.165) is 9.13 Å². The molecule has 1 atom stereocenters. The highest BCUT2D eigenvalue weighted by Gasteiger charge is 2.34. The van der Waals surface area contributed by atoms with Crippen molar-refractivity contribution < 1.29 is 0 Å². The fourth-order valence-corrected chi connectivity index (χ4v) is 4.53. The van der Waals surface area contributed by atoms with Crippen LogP contribution in [0.5, 0.6) is 0 Å². The molecule has 0 amide bonds. The minimum Gasteiger partial charge on any atom is -0.254 e. The lowest BCUT2D eigenvalue weighted by Crippen LogP contribution is -2.40. The molecule has 0 radical (unpaired) electrons. The quantitative estimate of drug-likeness (QED) is 0.418. The summed E-state index contributed by atoms with van der Waals surface area (Å²) in [7, 11) is 0. The van der Waals surface area contributed by atoms with Crippen LogP contribution in [0.25, 0.3) is 17.1 Å². The first-order chi connectivity index (χ1) is 17.0. The third-order valence-electron chi connectivity index (χ3n) is 6.11. The van der Waals surface area contributed by atoms with Gasteiger partial charge in [0.25, 0.3) is 0 Å². The molecule has 0 saturated carbocycles. The van der Waals surface area contributed by atoms with Gasteiger partial charge in [0.15, 0.2) is 0 Å². The van der Waals surface area contributed by atoms with Crippen molar-refractivity contribution >= 4 is 0 Å². The van der Waals surface area contributed by atoms with E-state index in [1.54, 1.807) is 79.7 Å². The zero-order valence-electron chi connectivity index (χ0n) is 18.5. The first-order valence-corrected chi connectivity index (χ1v) is 10.9. The Labute approximate surface area is 196 Å². The highest BCUT2D eigenvalue weighted by atomic mass is 16.2. The SMILES string of the molecule is Cc1ccc2c(n1)C(n1[nH]c(=O)n(-c3ccccc3)c1=O)Cn1c(=O)n(-c3ccccc3)c(=O)n1-2. The second-order valence-electron chi connectivity index (χ2n) is 8.24. The van der Waals surface area contributed by atoms with Gasteiger partial charge < -0.3 is 0 Å². The Morgan fingerprint density at radius 3 is 2.06 bits per heavy atom. The molecule has 1 aliphatic heterocycles. The van der Waals surface area contributed by atoms with Crippen molar-refractivity contribution in [2.24, 2.45) is 0 Å². The van der Waals surface area contributed by atoms with E-state index in [1.165, 1.54) is 14.0 Å². The monoisotopic (exact) mass is 469 g/mol. The molecule has 0 aliphatic carbocycles. The Bertz CT molecular complexity index is 1820. The van der Waals surface area contributed by atoms with E-state index in [2.05, 4.69) is 10.1 Å². The molecule has 1 aliphatic rings. The van der Waals surface area contributed by atoms with E-state index in [-0.39, 0.29) is 6.54 Å². The number of fused-ring (bicyclic) bond motifs is 3. The number of hydrogen-bond donors (Lipinski definition) is 1. The molecule has 174 valence electrons. The zero-order valence-corrected chi connectivity index (χ0v) is 18.5. The van der Waals surface area contributed by atoms with E-state index in [1.807, 2.05) is 0 Å². The average molecular weight is 469 g/mol. The number of H-pyrrole nitrogens is 1. The number of benzene rings is 2.